The molecule has 1 saturated heterocycles. The van der Waals surface area contributed by atoms with Crippen molar-refractivity contribution in [3.05, 3.63) is 29.3 Å². The van der Waals surface area contributed by atoms with Gasteiger partial charge in [0.25, 0.3) is 11.8 Å². The van der Waals surface area contributed by atoms with E-state index in [4.69, 9.17) is 4.74 Å². The molecule has 2 aliphatic heterocycles. The van der Waals surface area contributed by atoms with Crippen LogP contribution in [0.1, 0.15) is 80.0 Å². The van der Waals surface area contributed by atoms with Gasteiger partial charge >= 0.3 is 6.09 Å². The van der Waals surface area contributed by atoms with Gasteiger partial charge in [0, 0.05) is 31.7 Å². The Bertz CT molecular complexity index is 1090. The van der Waals surface area contributed by atoms with Gasteiger partial charge in [-0.2, -0.15) is 0 Å². The lowest BCUT2D eigenvalue weighted by atomic mass is 9.85. The number of carbonyl (C=O) groups is 5. The number of nitrogens with zero attached hydrogens (tertiary/aromatic N) is 2. The Morgan fingerprint density at radius 2 is 1.78 bits per heavy atom. The summed E-state index contributed by atoms with van der Waals surface area (Å²) < 4.78 is 5.48. The summed E-state index contributed by atoms with van der Waals surface area (Å²) in [6.45, 7) is 6.18. The quantitative estimate of drug-likeness (QED) is 0.598. The van der Waals surface area contributed by atoms with Crippen LogP contribution in [0, 0.1) is 5.92 Å². The molecule has 2 N–H and O–H groups in total. The van der Waals surface area contributed by atoms with Crippen molar-refractivity contribution in [3.8, 4) is 0 Å². The third-order valence-corrected chi connectivity index (χ3v) is 7.09. The fourth-order valence-corrected chi connectivity index (χ4v) is 5.14. The van der Waals surface area contributed by atoms with E-state index in [-0.39, 0.29) is 36.1 Å². The molecule has 1 atom stereocenters. The lowest BCUT2D eigenvalue weighted by Crippen LogP contribution is -2.54. The minimum Gasteiger partial charge on any atom is -0.444 e. The van der Waals surface area contributed by atoms with Gasteiger partial charge in [-0.3, -0.25) is 29.4 Å². The molecule has 3 aliphatic rings. The number of imide groups is 2. The summed E-state index contributed by atoms with van der Waals surface area (Å²) >= 11 is 0. The molecular formula is C26H34N4O6. The molecule has 2 fully saturated rings. The zero-order chi connectivity index (χ0) is 26.2. The van der Waals surface area contributed by atoms with Crippen molar-refractivity contribution in [2.45, 2.75) is 77.0 Å². The molecule has 0 aromatic heterocycles. The van der Waals surface area contributed by atoms with Gasteiger partial charge in [0.1, 0.15) is 11.6 Å². The Labute approximate surface area is 210 Å². The molecule has 4 rings (SSSR count). The minimum atomic E-state index is -0.986. The third-order valence-electron chi connectivity index (χ3n) is 7.09. The predicted molar refractivity (Wildman–Crippen MR) is 131 cm³/mol. The van der Waals surface area contributed by atoms with Crippen LogP contribution < -0.4 is 10.6 Å². The maximum absolute atomic E-state index is 13.2. The number of hydrogen-bond donors (Lipinski definition) is 2. The normalized spacial score (nSPS) is 24.3. The third kappa shape index (κ3) is 5.22. The molecule has 36 heavy (non-hydrogen) atoms. The summed E-state index contributed by atoms with van der Waals surface area (Å²) in [5, 5.41) is 5.56. The molecule has 194 valence electrons. The molecule has 1 saturated carbocycles. The lowest BCUT2D eigenvalue weighted by molar-refractivity contribution is -0.136. The van der Waals surface area contributed by atoms with Crippen LogP contribution in [0.2, 0.25) is 0 Å². The molecule has 10 heteroatoms. The number of anilines is 1. The number of carbonyl (C=O) groups excluding carboxylic acids is 5. The number of amides is 5. The smallest absolute Gasteiger partial charge is 0.410 e. The fourth-order valence-electron chi connectivity index (χ4n) is 5.14. The monoisotopic (exact) mass is 498 g/mol. The number of hydrogen-bond acceptors (Lipinski definition) is 7. The fraction of sp³-hybridized carbons (Fsp3) is 0.577. The van der Waals surface area contributed by atoms with Crippen LogP contribution in [-0.2, 0) is 14.3 Å². The van der Waals surface area contributed by atoms with Gasteiger partial charge in [-0.05, 0) is 70.9 Å². The van der Waals surface area contributed by atoms with Gasteiger partial charge in [0.05, 0.1) is 11.1 Å². The van der Waals surface area contributed by atoms with Crippen molar-refractivity contribution in [2.24, 2.45) is 5.92 Å². The zero-order valence-corrected chi connectivity index (χ0v) is 21.3. The Balaban J connectivity index is 1.36. The highest BCUT2D eigenvalue weighted by molar-refractivity contribution is 6.25. The van der Waals surface area contributed by atoms with Crippen LogP contribution in [0.25, 0.3) is 0 Å². The van der Waals surface area contributed by atoms with E-state index >= 15 is 0 Å². The average Bonchev–Trinajstić information content (AvgIpc) is 3.07. The summed E-state index contributed by atoms with van der Waals surface area (Å²) in [6, 6.07) is 4.20. The van der Waals surface area contributed by atoms with E-state index < -0.39 is 35.3 Å². The standard InChI is InChI=1S/C26H34N4O6/c1-26(2,3)36-25(35)29(4)16-10-8-15(9-11-16)14-27-18-7-5-6-17-21(18)24(34)30(23(17)33)19-12-13-20(31)28-22(19)32/h5-7,15-16,19,27H,8-14H2,1-4H3,(H,28,31,32)/t15-,16+,19?. The van der Waals surface area contributed by atoms with Crippen LogP contribution in [0.4, 0.5) is 10.5 Å². The Morgan fingerprint density at radius 1 is 1.08 bits per heavy atom. The number of piperidine rings is 1. The van der Waals surface area contributed by atoms with Crippen LogP contribution in [0.3, 0.4) is 0 Å². The van der Waals surface area contributed by atoms with Gasteiger partial charge < -0.3 is 15.0 Å². The van der Waals surface area contributed by atoms with E-state index in [1.54, 1.807) is 30.1 Å². The summed E-state index contributed by atoms with van der Waals surface area (Å²) in [4.78, 5) is 65.1. The number of nitrogens with one attached hydrogen (secondary N) is 2. The van der Waals surface area contributed by atoms with Gasteiger partial charge in [0.2, 0.25) is 11.8 Å². The second-order valence-corrected chi connectivity index (χ2v) is 10.8. The van der Waals surface area contributed by atoms with E-state index in [9.17, 15) is 24.0 Å². The van der Waals surface area contributed by atoms with E-state index in [0.29, 0.717) is 18.2 Å². The first-order chi connectivity index (χ1) is 17.0. The molecule has 10 nitrogen and oxygen atoms in total. The van der Waals surface area contributed by atoms with Crippen molar-refractivity contribution in [2.75, 3.05) is 18.9 Å². The van der Waals surface area contributed by atoms with E-state index in [2.05, 4.69) is 10.6 Å². The highest BCUT2D eigenvalue weighted by Crippen LogP contribution is 2.34. The van der Waals surface area contributed by atoms with E-state index in [1.165, 1.54) is 0 Å². The van der Waals surface area contributed by atoms with Crippen LogP contribution in [0.5, 0.6) is 0 Å². The summed E-state index contributed by atoms with van der Waals surface area (Å²) in [6.07, 6.45) is 3.43. The van der Waals surface area contributed by atoms with E-state index in [0.717, 1.165) is 30.6 Å². The predicted octanol–water partition coefficient (Wildman–Crippen LogP) is 2.93. The average molecular weight is 499 g/mol. The maximum Gasteiger partial charge on any atom is 0.410 e. The molecule has 0 radical (unpaired) electrons. The van der Waals surface area contributed by atoms with Crippen LogP contribution in [-0.4, -0.2) is 70.8 Å². The zero-order valence-electron chi connectivity index (χ0n) is 21.3. The largest absolute Gasteiger partial charge is 0.444 e. The van der Waals surface area contributed by atoms with Crippen LogP contribution >= 0.6 is 0 Å². The number of ether oxygens (including phenoxy) is 1. The number of fused-ring (bicyclic) bond motifs is 1. The van der Waals surface area contributed by atoms with E-state index in [1.807, 2.05) is 20.8 Å². The van der Waals surface area contributed by atoms with Crippen molar-refractivity contribution in [1.29, 1.82) is 0 Å². The second-order valence-electron chi connectivity index (χ2n) is 10.8. The van der Waals surface area contributed by atoms with Crippen molar-refractivity contribution in [1.82, 2.24) is 15.1 Å². The molecule has 2 heterocycles. The molecule has 1 aromatic rings. The Morgan fingerprint density at radius 3 is 2.42 bits per heavy atom. The number of benzene rings is 1. The summed E-state index contributed by atoms with van der Waals surface area (Å²) in [5.74, 6) is -1.71. The molecule has 1 aliphatic carbocycles. The minimum absolute atomic E-state index is 0.0840. The summed E-state index contributed by atoms with van der Waals surface area (Å²) in [7, 11) is 1.78. The van der Waals surface area contributed by atoms with Gasteiger partial charge in [0.15, 0.2) is 0 Å². The lowest BCUT2D eigenvalue weighted by Gasteiger charge is -2.35. The first-order valence-electron chi connectivity index (χ1n) is 12.5. The van der Waals surface area contributed by atoms with Gasteiger partial charge in [-0.15, -0.1) is 0 Å². The molecule has 1 aromatic carbocycles. The molecule has 5 amide bonds. The maximum atomic E-state index is 13.2. The van der Waals surface area contributed by atoms with Crippen LogP contribution in [0.15, 0.2) is 18.2 Å². The summed E-state index contributed by atoms with van der Waals surface area (Å²) in [5.41, 5.74) is 0.561. The topological polar surface area (TPSA) is 125 Å². The number of rotatable bonds is 5. The van der Waals surface area contributed by atoms with Crippen molar-refractivity contribution >= 4 is 35.4 Å². The Hall–Kier alpha value is -3.43. The molecule has 1 unspecified atom stereocenters. The highest BCUT2D eigenvalue weighted by atomic mass is 16.6. The molecule has 0 bridgehead atoms. The second kappa shape index (κ2) is 9.91. The first kappa shape index (κ1) is 25.7. The Kier molecular flexibility index (Phi) is 7.06. The highest BCUT2D eigenvalue weighted by Gasteiger charge is 2.45. The van der Waals surface area contributed by atoms with Crippen molar-refractivity contribution < 1.29 is 28.7 Å². The molecule has 0 spiro atoms. The molecular weight excluding hydrogens is 464 g/mol. The van der Waals surface area contributed by atoms with Gasteiger partial charge in [-0.1, -0.05) is 6.07 Å². The van der Waals surface area contributed by atoms with Gasteiger partial charge in [-0.25, -0.2) is 4.79 Å². The van der Waals surface area contributed by atoms with Crippen molar-refractivity contribution in [3.63, 3.8) is 0 Å². The first-order valence-corrected chi connectivity index (χ1v) is 12.5. The SMILES string of the molecule is CN(C(=O)OC(C)(C)C)[C@H]1CC[C@@H](CNc2cccc3c2C(=O)N(C2CCC(=O)NC2=O)C3=O)CC1.